The van der Waals surface area contributed by atoms with Crippen LogP contribution in [0.3, 0.4) is 0 Å². The highest BCUT2D eigenvalue weighted by atomic mass is 15.4. The highest BCUT2D eigenvalue weighted by molar-refractivity contribution is 5.87. The fraction of sp³-hybridized carbons (Fsp3) is 0.333. The second kappa shape index (κ2) is 3.05. The van der Waals surface area contributed by atoms with Gasteiger partial charge < -0.3 is 5.32 Å². The van der Waals surface area contributed by atoms with Crippen molar-refractivity contribution in [2.75, 3.05) is 12.4 Å². The minimum Gasteiger partial charge on any atom is -0.386 e. The average molecular weight is 176 g/mol. The molecule has 1 N–H and O–H groups in total. The van der Waals surface area contributed by atoms with E-state index in [-0.39, 0.29) is 0 Å². The molecule has 0 bridgehead atoms. The zero-order chi connectivity index (χ0) is 9.26. The summed E-state index contributed by atoms with van der Waals surface area (Å²) >= 11 is 0. The molecule has 0 fully saturated rings. The summed E-state index contributed by atoms with van der Waals surface area (Å²) in [5.74, 6) is 0. The van der Waals surface area contributed by atoms with Crippen molar-refractivity contribution >= 4 is 16.7 Å². The van der Waals surface area contributed by atoms with Gasteiger partial charge in [0, 0.05) is 13.6 Å². The number of aromatic nitrogens is 3. The topological polar surface area (TPSA) is 42.7 Å². The van der Waals surface area contributed by atoms with Gasteiger partial charge in [-0.15, -0.1) is 5.10 Å². The van der Waals surface area contributed by atoms with Gasteiger partial charge in [0.15, 0.2) is 0 Å². The first kappa shape index (κ1) is 8.04. The van der Waals surface area contributed by atoms with Crippen LogP contribution in [-0.2, 0) is 6.54 Å². The zero-order valence-corrected chi connectivity index (χ0v) is 7.78. The van der Waals surface area contributed by atoms with E-state index in [0.717, 1.165) is 23.3 Å². The van der Waals surface area contributed by atoms with Gasteiger partial charge in [-0.1, -0.05) is 11.3 Å². The Labute approximate surface area is 76.6 Å². The van der Waals surface area contributed by atoms with Crippen LogP contribution in [0.5, 0.6) is 0 Å². The standard InChI is InChI=1S/C9H12N4/c1-3-13-8-6-4-5-7(10-2)9(8)11-12-13/h4-6,10H,3H2,1-2H3. The van der Waals surface area contributed by atoms with Crippen molar-refractivity contribution in [1.82, 2.24) is 15.0 Å². The van der Waals surface area contributed by atoms with E-state index in [1.165, 1.54) is 0 Å². The van der Waals surface area contributed by atoms with E-state index >= 15 is 0 Å². The Morgan fingerprint density at radius 1 is 1.46 bits per heavy atom. The molecule has 0 aliphatic heterocycles. The molecule has 0 saturated heterocycles. The SMILES string of the molecule is CCn1nnc2c(NC)cccc21. The van der Waals surface area contributed by atoms with Crippen LogP contribution in [0.4, 0.5) is 5.69 Å². The summed E-state index contributed by atoms with van der Waals surface area (Å²) < 4.78 is 1.89. The lowest BCUT2D eigenvalue weighted by Gasteiger charge is -2.00. The quantitative estimate of drug-likeness (QED) is 0.753. The molecule has 2 rings (SSSR count). The monoisotopic (exact) mass is 176 g/mol. The molecule has 2 aromatic rings. The lowest BCUT2D eigenvalue weighted by Crippen LogP contribution is -1.95. The number of nitrogens with one attached hydrogen (secondary N) is 1. The van der Waals surface area contributed by atoms with Gasteiger partial charge in [-0.3, -0.25) is 0 Å². The first-order valence-electron chi connectivity index (χ1n) is 4.36. The molecule has 1 heterocycles. The van der Waals surface area contributed by atoms with Gasteiger partial charge in [-0.05, 0) is 19.1 Å². The third kappa shape index (κ3) is 1.14. The van der Waals surface area contributed by atoms with Gasteiger partial charge in [-0.25, -0.2) is 4.68 Å². The van der Waals surface area contributed by atoms with E-state index in [4.69, 9.17) is 0 Å². The van der Waals surface area contributed by atoms with E-state index in [2.05, 4.69) is 22.6 Å². The number of hydrogen-bond acceptors (Lipinski definition) is 3. The van der Waals surface area contributed by atoms with Crippen LogP contribution in [-0.4, -0.2) is 22.0 Å². The van der Waals surface area contributed by atoms with Gasteiger partial charge in [0.1, 0.15) is 5.52 Å². The van der Waals surface area contributed by atoms with Gasteiger partial charge in [0.25, 0.3) is 0 Å². The summed E-state index contributed by atoms with van der Waals surface area (Å²) in [5, 5.41) is 11.3. The van der Waals surface area contributed by atoms with E-state index in [1.54, 1.807) is 0 Å². The first-order chi connectivity index (χ1) is 6.36. The fourth-order valence-corrected chi connectivity index (χ4v) is 1.43. The summed E-state index contributed by atoms with van der Waals surface area (Å²) in [7, 11) is 1.89. The van der Waals surface area contributed by atoms with E-state index in [9.17, 15) is 0 Å². The predicted molar refractivity (Wildman–Crippen MR) is 52.7 cm³/mol. The summed E-state index contributed by atoms with van der Waals surface area (Å²) in [6.07, 6.45) is 0. The van der Waals surface area contributed by atoms with Crippen LogP contribution in [0, 0.1) is 0 Å². The van der Waals surface area contributed by atoms with Gasteiger partial charge in [-0.2, -0.15) is 0 Å². The van der Waals surface area contributed by atoms with Crippen molar-refractivity contribution in [2.24, 2.45) is 0 Å². The van der Waals surface area contributed by atoms with Crippen LogP contribution in [0.1, 0.15) is 6.92 Å². The predicted octanol–water partition coefficient (Wildman–Crippen LogP) is 1.49. The Bertz CT molecular complexity index is 418. The number of nitrogens with zero attached hydrogens (tertiary/aromatic N) is 3. The smallest absolute Gasteiger partial charge is 0.136 e. The lowest BCUT2D eigenvalue weighted by molar-refractivity contribution is 0.646. The van der Waals surface area contributed by atoms with E-state index in [1.807, 2.05) is 29.9 Å². The molecule has 0 amide bonds. The number of fused-ring (bicyclic) bond motifs is 1. The molecule has 13 heavy (non-hydrogen) atoms. The largest absolute Gasteiger partial charge is 0.386 e. The Morgan fingerprint density at radius 2 is 2.31 bits per heavy atom. The molecule has 0 spiro atoms. The maximum Gasteiger partial charge on any atom is 0.136 e. The third-order valence-corrected chi connectivity index (χ3v) is 2.11. The molecule has 0 atom stereocenters. The Kier molecular flexibility index (Phi) is 1.88. The summed E-state index contributed by atoms with van der Waals surface area (Å²) in [6, 6.07) is 6.03. The van der Waals surface area contributed by atoms with Gasteiger partial charge >= 0.3 is 0 Å². The number of rotatable bonds is 2. The van der Waals surface area contributed by atoms with Crippen molar-refractivity contribution < 1.29 is 0 Å². The molecular weight excluding hydrogens is 164 g/mol. The number of aryl methyl sites for hydroxylation is 1. The molecule has 0 saturated carbocycles. The Morgan fingerprint density at radius 3 is 3.00 bits per heavy atom. The lowest BCUT2D eigenvalue weighted by atomic mass is 10.2. The molecule has 0 aliphatic rings. The number of benzene rings is 1. The van der Waals surface area contributed by atoms with Crippen molar-refractivity contribution in [3.8, 4) is 0 Å². The third-order valence-electron chi connectivity index (χ3n) is 2.11. The maximum atomic E-state index is 4.11. The van der Waals surface area contributed by atoms with Crippen LogP contribution in [0.25, 0.3) is 11.0 Å². The summed E-state index contributed by atoms with van der Waals surface area (Å²) in [5.41, 5.74) is 3.04. The average Bonchev–Trinajstić information content (AvgIpc) is 2.60. The molecule has 4 nitrogen and oxygen atoms in total. The molecule has 68 valence electrons. The first-order valence-corrected chi connectivity index (χ1v) is 4.36. The molecule has 0 aliphatic carbocycles. The normalized spacial score (nSPS) is 10.6. The Hall–Kier alpha value is -1.58. The molecule has 1 aromatic carbocycles. The van der Waals surface area contributed by atoms with E-state index < -0.39 is 0 Å². The second-order valence-corrected chi connectivity index (χ2v) is 2.83. The van der Waals surface area contributed by atoms with Crippen molar-refractivity contribution in [2.45, 2.75) is 13.5 Å². The summed E-state index contributed by atoms with van der Waals surface area (Å²) in [6.45, 7) is 2.91. The number of anilines is 1. The molecule has 0 unspecified atom stereocenters. The van der Waals surface area contributed by atoms with Crippen molar-refractivity contribution in [1.29, 1.82) is 0 Å². The zero-order valence-electron chi connectivity index (χ0n) is 7.78. The minimum absolute atomic E-state index is 0.851. The van der Waals surface area contributed by atoms with Crippen molar-refractivity contribution in [3.05, 3.63) is 18.2 Å². The fourth-order valence-electron chi connectivity index (χ4n) is 1.43. The molecule has 4 heteroatoms. The number of hydrogen-bond donors (Lipinski definition) is 1. The Balaban J connectivity index is 2.72. The van der Waals surface area contributed by atoms with Crippen LogP contribution >= 0.6 is 0 Å². The van der Waals surface area contributed by atoms with Gasteiger partial charge in [0.05, 0.1) is 11.2 Å². The van der Waals surface area contributed by atoms with Crippen LogP contribution < -0.4 is 5.32 Å². The van der Waals surface area contributed by atoms with Crippen LogP contribution in [0.15, 0.2) is 18.2 Å². The second-order valence-electron chi connectivity index (χ2n) is 2.83. The highest BCUT2D eigenvalue weighted by Gasteiger charge is 2.05. The minimum atomic E-state index is 0.851. The van der Waals surface area contributed by atoms with Crippen LogP contribution in [0.2, 0.25) is 0 Å². The molecular formula is C9H12N4. The summed E-state index contributed by atoms with van der Waals surface area (Å²) in [4.78, 5) is 0. The van der Waals surface area contributed by atoms with Crippen molar-refractivity contribution in [3.63, 3.8) is 0 Å². The molecule has 0 radical (unpaired) electrons. The maximum absolute atomic E-state index is 4.11. The van der Waals surface area contributed by atoms with E-state index in [0.29, 0.717) is 0 Å². The highest BCUT2D eigenvalue weighted by Crippen LogP contribution is 2.19. The molecule has 1 aromatic heterocycles. The van der Waals surface area contributed by atoms with Gasteiger partial charge in [0.2, 0.25) is 0 Å².